The molecule has 13 heavy (non-hydrogen) atoms. The van der Waals surface area contributed by atoms with E-state index in [1.165, 1.54) is 0 Å². The molecule has 0 spiro atoms. The second kappa shape index (κ2) is 3.62. The van der Waals surface area contributed by atoms with E-state index in [1.807, 2.05) is 6.07 Å². The topological polar surface area (TPSA) is 43.1 Å². The molecule has 0 amide bonds. The van der Waals surface area contributed by atoms with Gasteiger partial charge in [0.2, 0.25) is 0 Å². The summed E-state index contributed by atoms with van der Waals surface area (Å²) in [5.41, 5.74) is 0.365. The Kier molecular flexibility index (Phi) is 2.72. The Hall–Kier alpha value is -1.29. The summed E-state index contributed by atoms with van der Waals surface area (Å²) in [6.07, 6.45) is 0. The van der Waals surface area contributed by atoms with Crippen molar-refractivity contribution in [1.82, 2.24) is 4.98 Å². The zero-order valence-corrected chi connectivity index (χ0v) is 8.07. The van der Waals surface area contributed by atoms with Gasteiger partial charge in [-0.1, -0.05) is 12.1 Å². The van der Waals surface area contributed by atoms with Crippen LogP contribution in [0.4, 0.5) is 0 Å². The summed E-state index contributed by atoms with van der Waals surface area (Å²) in [6.45, 7) is 1.66. The first kappa shape index (κ1) is 9.80. The van der Waals surface area contributed by atoms with Gasteiger partial charge in [0.05, 0.1) is 10.9 Å². The molecule has 1 aromatic carbocycles. The van der Waals surface area contributed by atoms with Crippen molar-refractivity contribution in [2.75, 3.05) is 0 Å². The van der Waals surface area contributed by atoms with Crippen LogP contribution >= 0.6 is 13.5 Å². The van der Waals surface area contributed by atoms with E-state index in [1.54, 1.807) is 25.1 Å². The Morgan fingerprint density at radius 3 is 2.77 bits per heavy atom. The van der Waals surface area contributed by atoms with E-state index in [0.717, 1.165) is 0 Å². The Balaban J connectivity index is 0.000000845. The van der Waals surface area contributed by atoms with Crippen LogP contribution in [0.2, 0.25) is 0 Å². The number of para-hydroxylation sites is 1. The highest BCUT2D eigenvalue weighted by Crippen LogP contribution is 2.05. The lowest BCUT2D eigenvalue weighted by molar-refractivity contribution is 0.467. The van der Waals surface area contributed by atoms with E-state index < -0.39 is 0 Å². The molecule has 0 unspecified atom stereocenters. The molecule has 0 radical (unpaired) electrons. The highest BCUT2D eigenvalue weighted by atomic mass is 32.1. The number of fused-ring (bicyclic) bond motifs is 1. The number of rotatable bonds is 0. The fourth-order valence-corrected chi connectivity index (χ4v) is 1.13. The van der Waals surface area contributed by atoms with Crippen molar-refractivity contribution >= 4 is 24.4 Å². The SMILES string of the molecule is Cc1nc2ccccc2c(=O)o1.S. The van der Waals surface area contributed by atoms with Crippen molar-refractivity contribution in [2.45, 2.75) is 6.92 Å². The van der Waals surface area contributed by atoms with Gasteiger partial charge in [-0.25, -0.2) is 9.78 Å². The lowest BCUT2D eigenvalue weighted by atomic mass is 10.2. The first-order chi connectivity index (χ1) is 5.77. The van der Waals surface area contributed by atoms with Gasteiger partial charge in [0.25, 0.3) is 0 Å². The molecular formula is C9H9NO2S. The average molecular weight is 195 g/mol. The van der Waals surface area contributed by atoms with E-state index in [4.69, 9.17) is 4.42 Å². The third kappa shape index (κ3) is 1.72. The first-order valence-corrected chi connectivity index (χ1v) is 3.64. The van der Waals surface area contributed by atoms with Gasteiger partial charge in [-0.15, -0.1) is 0 Å². The fraction of sp³-hybridized carbons (Fsp3) is 0.111. The monoisotopic (exact) mass is 195 g/mol. The van der Waals surface area contributed by atoms with Crippen molar-refractivity contribution < 1.29 is 4.42 Å². The number of hydrogen-bond acceptors (Lipinski definition) is 3. The Morgan fingerprint density at radius 1 is 1.31 bits per heavy atom. The maximum absolute atomic E-state index is 11.2. The summed E-state index contributed by atoms with van der Waals surface area (Å²) in [6, 6.07) is 7.12. The molecule has 0 aliphatic rings. The van der Waals surface area contributed by atoms with Crippen molar-refractivity contribution in [3.63, 3.8) is 0 Å². The molecule has 0 aliphatic carbocycles. The molecule has 0 saturated heterocycles. The van der Waals surface area contributed by atoms with Gasteiger partial charge in [0, 0.05) is 6.92 Å². The van der Waals surface area contributed by atoms with Crippen molar-refractivity contribution in [3.8, 4) is 0 Å². The number of hydrogen-bond donors (Lipinski definition) is 0. The Morgan fingerprint density at radius 2 is 2.00 bits per heavy atom. The lowest BCUT2D eigenvalue weighted by Gasteiger charge is -1.94. The van der Waals surface area contributed by atoms with Gasteiger partial charge >= 0.3 is 5.63 Å². The van der Waals surface area contributed by atoms with Crippen molar-refractivity contribution in [1.29, 1.82) is 0 Å². The molecule has 0 N–H and O–H groups in total. The summed E-state index contributed by atoms with van der Waals surface area (Å²) in [5, 5.41) is 0.531. The summed E-state index contributed by atoms with van der Waals surface area (Å²) < 4.78 is 4.82. The average Bonchev–Trinajstić information content (AvgIpc) is 2.04. The fourth-order valence-electron chi connectivity index (χ4n) is 1.13. The van der Waals surface area contributed by atoms with Gasteiger partial charge in [0.15, 0.2) is 5.89 Å². The van der Waals surface area contributed by atoms with E-state index in [0.29, 0.717) is 16.8 Å². The van der Waals surface area contributed by atoms with Crippen LogP contribution < -0.4 is 5.63 Å². The minimum Gasteiger partial charge on any atom is -0.408 e. The molecule has 1 aromatic heterocycles. The van der Waals surface area contributed by atoms with Gasteiger partial charge in [-0.3, -0.25) is 0 Å². The molecule has 0 atom stereocenters. The summed E-state index contributed by atoms with van der Waals surface area (Å²) in [7, 11) is 0. The molecule has 3 nitrogen and oxygen atoms in total. The molecule has 2 rings (SSSR count). The van der Waals surface area contributed by atoms with Crippen LogP contribution in [-0.4, -0.2) is 4.98 Å². The molecule has 0 saturated carbocycles. The molecule has 0 aliphatic heterocycles. The molecule has 4 heteroatoms. The Labute approximate surface area is 81.9 Å². The third-order valence-electron chi connectivity index (χ3n) is 1.64. The molecule has 1 heterocycles. The summed E-state index contributed by atoms with van der Waals surface area (Å²) in [5.74, 6) is 0.402. The molecule has 0 bridgehead atoms. The molecule has 0 fully saturated rings. The van der Waals surface area contributed by atoms with Crippen LogP contribution in [0.3, 0.4) is 0 Å². The highest BCUT2D eigenvalue weighted by Gasteiger charge is 2.00. The number of benzene rings is 1. The van der Waals surface area contributed by atoms with E-state index in [2.05, 4.69) is 4.98 Å². The van der Waals surface area contributed by atoms with E-state index >= 15 is 0 Å². The maximum Gasteiger partial charge on any atom is 0.346 e. The molecular weight excluding hydrogens is 186 g/mol. The summed E-state index contributed by atoms with van der Waals surface area (Å²) in [4.78, 5) is 15.3. The number of aromatic nitrogens is 1. The van der Waals surface area contributed by atoms with Crippen molar-refractivity contribution in [3.05, 3.63) is 40.6 Å². The quantitative estimate of drug-likeness (QED) is 0.641. The number of nitrogens with zero attached hydrogens (tertiary/aromatic N) is 1. The van der Waals surface area contributed by atoms with Crippen LogP contribution in [0, 0.1) is 6.92 Å². The molecule has 2 aromatic rings. The van der Waals surface area contributed by atoms with Crippen LogP contribution in [0.25, 0.3) is 10.9 Å². The predicted molar refractivity (Wildman–Crippen MR) is 55.4 cm³/mol. The number of aryl methyl sites for hydroxylation is 1. The minimum atomic E-state index is -0.321. The summed E-state index contributed by atoms with van der Waals surface area (Å²) >= 11 is 0. The van der Waals surface area contributed by atoms with Crippen LogP contribution in [-0.2, 0) is 0 Å². The van der Waals surface area contributed by atoms with Crippen LogP contribution in [0.5, 0.6) is 0 Å². The van der Waals surface area contributed by atoms with Gasteiger partial charge < -0.3 is 4.42 Å². The zero-order chi connectivity index (χ0) is 8.55. The smallest absolute Gasteiger partial charge is 0.346 e. The zero-order valence-electron chi connectivity index (χ0n) is 7.07. The molecule has 68 valence electrons. The largest absolute Gasteiger partial charge is 0.408 e. The third-order valence-corrected chi connectivity index (χ3v) is 1.64. The second-order valence-corrected chi connectivity index (χ2v) is 2.54. The lowest BCUT2D eigenvalue weighted by Crippen LogP contribution is -2.02. The van der Waals surface area contributed by atoms with Gasteiger partial charge in [-0.2, -0.15) is 13.5 Å². The normalized spacial score (nSPS) is 9.62. The minimum absolute atomic E-state index is 0. The predicted octanol–water partition coefficient (Wildman–Crippen LogP) is 1.61. The maximum atomic E-state index is 11.2. The Bertz CT molecular complexity index is 478. The van der Waals surface area contributed by atoms with Gasteiger partial charge in [-0.05, 0) is 12.1 Å². The van der Waals surface area contributed by atoms with Crippen LogP contribution in [0.1, 0.15) is 5.89 Å². The standard InChI is InChI=1S/C9H7NO2.H2S/c1-6-10-8-5-3-2-4-7(8)9(11)12-6;/h2-5H,1H3;1H2. The van der Waals surface area contributed by atoms with Gasteiger partial charge in [0.1, 0.15) is 0 Å². The highest BCUT2D eigenvalue weighted by molar-refractivity contribution is 7.59. The van der Waals surface area contributed by atoms with E-state index in [-0.39, 0.29) is 19.1 Å². The van der Waals surface area contributed by atoms with Crippen LogP contribution in [0.15, 0.2) is 33.5 Å². The van der Waals surface area contributed by atoms with E-state index in [9.17, 15) is 4.79 Å². The second-order valence-electron chi connectivity index (χ2n) is 2.54. The van der Waals surface area contributed by atoms with Crippen molar-refractivity contribution in [2.24, 2.45) is 0 Å². The first-order valence-electron chi connectivity index (χ1n) is 3.64.